The van der Waals surface area contributed by atoms with E-state index >= 15 is 0 Å². The summed E-state index contributed by atoms with van der Waals surface area (Å²) >= 11 is 0. The van der Waals surface area contributed by atoms with Crippen LogP contribution in [-0.4, -0.2) is 192 Å². The Morgan fingerprint density at radius 3 is 0.603 bits per heavy atom. The zero-order valence-corrected chi connectivity index (χ0v) is 37.3. The molecule has 0 aliphatic rings. The second-order valence-corrected chi connectivity index (χ2v) is 13.8. The molecular formula is C42H24NO30+. The summed E-state index contributed by atoms with van der Waals surface area (Å²) in [6.07, 6.45) is -2.17. The van der Waals surface area contributed by atoms with Gasteiger partial charge in [0.15, 0.2) is 0 Å². The van der Waals surface area contributed by atoms with Gasteiger partial charge in [0.25, 0.3) is 116 Å². The van der Waals surface area contributed by atoms with Gasteiger partial charge in [-0.05, 0) is 25.0 Å². The molecule has 0 fully saturated rings. The van der Waals surface area contributed by atoms with Crippen LogP contribution in [0.15, 0.2) is 23.3 Å². The number of rotatable bonds is 32. The maximum Gasteiger partial charge on any atom is 0.397 e. The van der Waals surface area contributed by atoms with Crippen molar-refractivity contribution < 1.29 is 148 Å². The number of likely N-dealkylation sites (N-methyl/N-ethyl adjacent to an activating group) is 1. The van der Waals surface area contributed by atoms with Crippen LogP contribution in [0.2, 0.25) is 0 Å². The standard InChI is InChI=1S/C42H24NO30/c1-7-13(9-15(46)21(52)27(58)29(60)23(54)17(48)11(3)44)19(50)25(56)31(62)33(64)35(66)37(68)39(70)41(72)43(5,6)42(73)40(71)38(69)36(67)34(65)32(63)26(57)20(51)14(8-2)10-16(47)22(53)28(59)30(61)24(55)18(49)12(4)45/h9-10H,7-8H2,1-6H3/q+1/b13-9-,14-10-. The molecule has 0 aromatic rings. The molecule has 0 N–H and O–H groups in total. The first-order chi connectivity index (χ1) is 33.2. The van der Waals surface area contributed by atoms with Gasteiger partial charge in [0.2, 0.25) is 34.7 Å². The Kier molecular flexibility index (Phi) is 21.2. The van der Waals surface area contributed by atoms with E-state index in [9.17, 15) is 144 Å². The minimum Gasteiger partial charge on any atom is -0.291 e. The van der Waals surface area contributed by atoms with Gasteiger partial charge >= 0.3 is 23.4 Å². The number of amides is 2. The minimum absolute atomic E-state index is 0.135. The van der Waals surface area contributed by atoms with Crippen LogP contribution in [0.1, 0.15) is 40.5 Å². The second-order valence-electron chi connectivity index (χ2n) is 13.8. The molecule has 0 aromatic carbocycles. The molecule has 0 saturated heterocycles. The van der Waals surface area contributed by atoms with Gasteiger partial charge in [-0.3, -0.25) is 134 Å². The summed E-state index contributed by atoms with van der Waals surface area (Å²) in [4.78, 5) is 363. The molecule has 0 aromatic heterocycles. The lowest BCUT2D eigenvalue weighted by Crippen LogP contribution is -2.60. The van der Waals surface area contributed by atoms with Crippen molar-refractivity contribution in [2.75, 3.05) is 14.1 Å². The lowest BCUT2D eigenvalue weighted by molar-refractivity contribution is -0.727. The number of Topliss-reactive ketones (excluding diaryl/α,β-unsaturated/α-hetero) is 26. The van der Waals surface area contributed by atoms with Gasteiger partial charge < -0.3 is 0 Å². The summed E-state index contributed by atoms with van der Waals surface area (Å²) in [5.41, 5.74) is -2.55. The summed E-state index contributed by atoms with van der Waals surface area (Å²) in [5, 5.41) is 0. The number of quaternary nitrogens is 1. The summed E-state index contributed by atoms with van der Waals surface area (Å²) in [5.74, 6) is -75.3. The van der Waals surface area contributed by atoms with E-state index in [1.54, 1.807) is 0 Å². The van der Waals surface area contributed by atoms with Crippen LogP contribution in [0.4, 0.5) is 0 Å². The first-order valence-corrected chi connectivity index (χ1v) is 18.7. The highest BCUT2D eigenvalue weighted by atomic mass is 16.3. The van der Waals surface area contributed by atoms with Gasteiger partial charge in [-0.2, -0.15) is 4.48 Å². The van der Waals surface area contributed by atoms with Crippen molar-refractivity contribution >= 4 is 174 Å². The lowest BCUT2D eigenvalue weighted by Gasteiger charge is -2.20. The van der Waals surface area contributed by atoms with Gasteiger partial charge in [0.05, 0.1) is 14.1 Å². The van der Waals surface area contributed by atoms with Crippen molar-refractivity contribution in [2.45, 2.75) is 40.5 Å². The molecule has 0 rings (SSSR count). The summed E-state index contributed by atoms with van der Waals surface area (Å²) in [7, 11) is 0.269. The number of ketones is 28. The van der Waals surface area contributed by atoms with Crippen LogP contribution >= 0.6 is 0 Å². The highest BCUT2D eigenvalue weighted by Crippen LogP contribution is 2.10. The van der Waals surface area contributed by atoms with Gasteiger partial charge in [0.1, 0.15) is 0 Å². The first-order valence-electron chi connectivity index (χ1n) is 18.7. The van der Waals surface area contributed by atoms with E-state index in [1.807, 2.05) is 0 Å². The maximum absolute atomic E-state index is 12.8. The Morgan fingerprint density at radius 1 is 0.247 bits per heavy atom. The molecule has 0 spiro atoms. The fraction of sp³-hybridized carbons (Fsp3) is 0.190. The molecule has 0 radical (unpaired) electrons. The minimum atomic E-state index is -2.95. The molecular weight excluding hydrogens is 998 g/mol. The van der Waals surface area contributed by atoms with E-state index in [-0.39, 0.29) is 26.2 Å². The summed E-state index contributed by atoms with van der Waals surface area (Å²) in [6, 6.07) is 0. The molecule has 31 nitrogen and oxygen atoms in total. The van der Waals surface area contributed by atoms with Crippen molar-refractivity contribution in [2.24, 2.45) is 0 Å². The number of imide groups is 1. The van der Waals surface area contributed by atoms with Crippen LogP contribution in [0, 0.1) is 0 Å². The number of hydrogen-bond donors (Lipinski definition) is 0. The van der Waals surface area contributed by atoms with Gasteiger partial charge in [-0.1, -0.05) is 13.8 Å². The molecule has 31 heteroatoms. The van der Waals surface area contributed by atoms with E-state index in [2.05, 4.69) is 0 Å². The molecule has 0 atom stereocenters. The topological polar surface area (TPSA) is 512 Å². The molecule has 0 aliphatic carbocycles. The zero-order valence-electron chi connectivity index (χ0n) is 37.3. The largest absolute Gasteiger partial charge is 0.397 e. The van der Waals surface area contributed by atoms with Crippen molar-refractivity contribution in [3.05, 3.63) is 23.3 Å². The average molecular weight is 1020 g/mol. The monoisotopic (exact) mass is 1020 g/mol. The number of carbonyl (C=O) groups excluding carboxylic acids is 30. The first kappa shape index (κ1) is 62.5. The third-order valence-electron chi connectivity index (χ3n) is 8.57. The molecule has 0 saturated carbocycles. The number of carbonyl (C=O) groups is 30. The van der Waals surface area contributed by atoms with E-state index < -0.39 is 202 Å². The van der Waals surface area contributed by atoms with Crippen molar-refractivity contribution in [3.8, 4) is 0 Å². The van der Waals surface area contributed by atoms with Crippen LogP contribution in [0.25, 0.3) is 0 Å². The number of hydrogen-bond acceptors (Lipinski definition) is 30. The van der Waals surface area contributed by atoms with Gasteiger partial charge in [-0.15, -0.1) is 0 Å². The molecule has 0 heterocycles. The van der Waals surface area contributed by atoms with Crippen molar-refractivity contribution in [1.29, 1.82) is 0 Å². The van der Waals surface area contributed by atoms with Crippen molar-refractivity contribution in [1.82, 2.24) is 0 Å². The Labute approximate surface area is 399 Å². The van der Waals surface area contributed by atoms with Crippen LogP contribution in [0.3, 0.4) is 0 Å². The van der Waals surface area contributed by atoms with E-state index in [0.29, 0.717) is 13.8 Å². The molecule has 376 valence electrons. The fourth-order valence-electron chi connectivity index (χ4n) is 4.38. The highest BCUT2D eigenvalue weighted by molar-refractivity contribution is 7.01. The molecule has 0 aliphatic heterocycles. The van der Waals surface area contributed by atoms with E-state index in [4.69, 9.17) is 0 Å². The summed E-state index contributed by atoms with van der Waals surface area (Å²) in [6.45, 7) is 2.74. The van der Waals surface area contributed by atoms with Crippen LogP contribution < -0.4 is 0 Å². The number of allylic oxidation sites excluding steroid dienone is 4. The zero-order chi connectivity index (χ0) is 57.8. The fourth-order valence-corrected chi connectivity index (χ4v) is 4.38. The molecule has 0 unspecified atom stereocenters. The quantitative estimate of drug-likeness (QED) is 0.0261. The smallest absolute Gasteiger partial charge is 0.291 e. The normalized spacial score (nSPS) is 10.9. The Balaban J connectivity index is 6.20. The van der Waals surface area contributed by atoms with Crippen LogP contribution in [-0.2, 0) is 144 Å². The van der Waals surface area contributed by atoms with E-state index in [1.165, 1.54) is 0 Å². The predicted molar refractivity (Wildman–Crippen MR) is 210 cm³/mol. The Hall–Kier alpha value is -10.5. The molecule has 2 amide bonds. The average Bonchev–Trinajstić information content (AvgIpc) is 3.37. The molecule has 73 heavy (non-hydrogen) atoms. The SMILES string of the molecule is CC/C(=C/C(=O)C(=O)C(=O)C(=O)C(=O)C(=O)C(C)=O)C(=O)C(=O)C(=O)C(=O)C(=O)C(=O)C(=O)C(=O)[N+](C)(C)C(=O)C(=O)C(=O)C(=O)C(=O)C(=O)C(=O)C(=O)/C(=C\C(=O)C(=O)C(=O)C(=O)C(=O)C(=O)C(C)=O)CC. The predicted octanol–water partition coefficient (Wildman–Crippen LogP) is -9.24. The van der Waals surface area contributed by atoms with Gasteiger partial charge in [0, 0.05) is 25.0 Å². The van der Waals surface area contributed by atoms with Crippen LogP contribution in [0.5, 0.6) is 0 Å². The van der Waals surface area contributed by atoms with Gasteiger partial charge in [-0.25, -0.2) is 9.59 Å². The number of nitrogens with zero attached hydrogens (tertiary/aromatic N) is 1. The van der Waals surface area contributed by atoms with E-state index in [0.717, 1.165) is 13.8 Å². The lowest BCUT2D eigenvalue weighted by atomic mass is 9.95. The Morgan fingerprint density at radius 2 is 0.411 bits per heavy atom. The summed E-state index contributed by atoms with van der Waals surface area (Å²) < 4.78 is -2.58. The highest BCUT2D eigenvalue weighted by Gasteiger charge is 2.53. The third kappa shape index (κ3) is 13.8. The Bertz CT molecular complexity index is 2870. The third-order valence-corrected chi connectivity index (χ3v) is 8.57. The van der Waals surface area contributed by atoms with Crippen molar-refractivity contribution in [3.63, 3.8) is 0 Å². The molecule has 0 bridgehead atoms. The second kappa shape index (κ2) is 24.7. The maximum atomic E-state index is 12.8.